The van der Waals surface area contributed by atoms with Crippen molar-refractivity contribution in [1.29, 1.82) is 0 Å². The van der Waals surface area contributed by atoms with Crippen LogP contribution in [0.15, 0.2) is 22.6 Å². The number of nitrogens with one attached hydrogen (secondary N) is 1. The lowest BCUT2D eigenvalue weighted by molar-refractivity contribution is -0.124. The van der Waals surface area contributed by atoms with E-state index >= 15 is 0 Å². The third-order valence-electron chi connectivity index (χ3n) is 5.19. The van der Waals surface area contributed by atoms with Crippen molar-refractivity contribution in [3.8, 4) is 28.0 Å². The Labute approximate surface area is 203 Å². The zero-order valence-corrected chi connectivity index (χ0v) is 21.0. The fourth-order valence-electron chi connectivity index (χ4n) is 3.47. The van der Waals surface area contributed by atoms with Crippen LogP contribution in [0.3, 0.4) is 0 Å². The van der Waals surface area contributed by atoms with E-state index in [2.05, 4.69) is 33.4 Å². The van der Waals surface area contributed by atoms with E-state index in [1.807, 2.05) is 40.1 Å². The lowest BCUT2D eigenvalue weighted by atomic mass is 10.0. The third kappa shape index (κ3) is 6.41. The van der Waals surface area contributed by atoms with Gasteiger partial charge in [0.05, 0.1) is 4.88 Å². The summed E-state index contributed by atoms with van der Waals surface area (Å²) in [5.41, 5.74) is 3.83. The first-order chi connectivity index (χ1) is 16.2. The van der Waals surface area contributed by atoms with Gasteiger partial charge in [-0.1, -0.05) is 6.92 Å². The van der Waals surface area contributed by atoms with E-state index in [0.717, 1.165) is 28.1 Å². The van der Waals surface area contributed by atoms with E-state index in [0.29, 0.717) is 24.0 Å². The van der Waals surface area contributed by atoms with Crippen molar-refractivity contribution in [2.75, 3.05) is 33.9 Å². The van der Waals surface area contributed by atoms with Crippen LogP contribution in [-0.4, -0.2) is 71.2 Å². The molecule has 0 saturated heterocycles. The number of benzene rings is 1. The van der Waals surface area contributed by atoms with Crippen LogP contribution < -0.4 is 10.1 Å². The summed E-state index contributed by atoms with van der Waals surface area (Å²) in [5.74, 6) is 1.07. The molecule has 184 valence electrons. The highest BCUT2D eigenvalue weighted by atomic mass is 32.1. The lowest BCUT2D eigenvalue weighted by Gasteiger charge is -2.17. The second kappa shape index (κ2) is 11.6. The van der Waals surface area contributed by atoms with Gasteiger partial charge in [0.2, 0.25) is 11.8 Å². The number of aryl methyl sites for hydroxylation is 3. The number of aromatic nitrogens is 2. The Balaban J connectivity index is 1.76. The molecule has 0 fully saturated rings. The number of rotatable bonds is 11. The SMILES string of the molecule is CCc1cc(-c2nnc(-c3cc(C)c(CN(C)C)s3)o2)cc(C)c1OCC(O)CNC(=O)CO. The summed E-state index contributed by atoms with van der Waals surface area (Å²) >= 11 is 1.66. The zero-order valence-electron chi connectivity index (χ0n) is 20.2. The number of nitrogens with zero attached hydrogens (tertiary/aromatic N) is 3. The van der Waals surface area contributed by atoms with Crippen LogP contribution in [0.1, 0.15) is 28.5 Å². The van der Waals surface area contributed by atoms with Crippen molar-refractivity contribution >= 4 is 17.2 Å². The average Bonchev–Trinajstić information content (AvgIpc) is 3.43. The first-order valence-corrected chi connectivity index (χ1v) is 11.9. The number of carbonyl (C=O) groups is 1. The zero-order chi connectivity index (χ0) is 24.8. The Morgan fingerprint density at radius 3 is 2.62 bits per heavy atom. The van der Waals surface area contributed by atoms with Crippen LogP contribution in [0.5, 0.6) is 5.75 Å². The number of hydrogen-bond donors (Lipinski definition) is 3. The largest absolute Gasteiger partial charge is 0.490 e. The highest BCUT2D eigenvalue weighted by Crippen LogP contribution is 2.35. The van der Waals surface area contributed by atoms with Crippen LogP contribution >= 0.6 is 11.3 Å². The maximum atomic E-state index is 11.1. The molecule has 0 spiro atoms. The van der Waals surface area contributed by atoms with Crippen LogP contribution in [0, 0.1) is 13.8 Å². The molecule has 1 amide bonds. The van der Waals surface area contributed by atoms with Gasteiger partial charge >= 0.3 is 0 Å². The third-order valence-corrected chi connectivity index (χ3v) is 6.40. The molecule has 0 aliphatic carbocycles. The predicted octanol–water partition coefficient (Wildman–Crippen LogP) is 2.55. The molecule has 1 aromatic carbocycles. The fraction of sp³-hybridized carbons (Fsp3) is 0.458. The Bertz CT molecular complexity index is 1120. The number of aliphatic hydroxyl groups is 2. The molecule has 0 radical (unpaired) electrons. The van der Waals surface area contributed by atoms with Gasteiger partial charge in [-0.15, -0.1) is 21.5 Å². The van der Waals surface area contributed by atoms with Gasteiger partial charge < -0.3 is 29.6 Å². The van der Waals surface area contributed by atoms with Gasteiger partial charge in [0.25, 0.3) is 5.89 Å². The summed E-state index contributed by atoms with van der Waals surface area (Å²) in [7, 11) is 4.08. The monoisotopic (exact) mass is 488 g/mol. The van der Waals surface area contributed by atoms with E-state index in [1.54, 1.807) is 11.3 Å². The number of amides is 1. The molecule has 1 unspecified atom stereocenters. The number of thiophene rings is 1. The number of ether oxygens (including phenoxy) is 1. The normalized spacial score (nSPS) is 12.2. The molecule has 9 nitrogen and oxygen atoms in total. The van der Waals surface area contributed by atoms with Crippen molar-refractivity contribution in [3.05, 3.63) is 39.8 Å². The molecule has 0 aliphatic rings. The molecular formula is C24H32N4O5S. The molecule has 3 aromatic rings. The second-order valence-corrected chi connectivity index (χ2v) is 9.57. The van der Waals surface area contributed by atoms with Crippen molar-refractivity contribution < 1.29 is 24.2 Å². The van der Waals surface area contributed by atoms with Crippen molar-refractivity contribution in [3.63, 3.8) is 0 Å². The highest BCUT2D eigenvalue weighted by Gasteiger charge is 2.18. The maximum Gasteiger partial charge on any atom is 0.258 e. The summed E-state index contributed by atoms with van der Waals surface area (Å²) in [6, 6.07) is 5.95. The Morgan fingerprint density at radius 2 is 1.94 bits per heavy atom. The van der Waals surface area contributed by atoms with Crippen molar-refractivity contribution in [1.82, 2.24) is 20.4 Å². The van der Waals surface area contributed by atoms with Gasteiger partial charge in [0.15, 0.2) is 0 Å². The van der Waals surface area contributed by atoms with Gasteiger partial charge in [0, 0.05) is 23.5 Å². The maximum absolute atomic E-state index is 11.1. The van der Waals surface area contributed by atoms with E-state index in [-0.39, 0.29) is 13.2 Å². The Hall–Kier alpha value is -2.79. The van der Waals surface area contributed by atoms with Gasteiger partial charge in [-0.25, -0.2) is 0 Å². The lowest BCUT2D eigenvalue weighted by Crippen LogP contribution is -2.36. The van der Waals surface area contributed by atoms with Crippen molar-refractivity contribution in [2.45, 2.75) is 39.8 Å². The molecule has 0 aliphatic heterocycles. The Kier molecular flexibility index (Phi) is 8.78. The second-order valence-electron chi connectivity index (χ2n) is 8.43. The molecule has 0 bridgehead atoms. The van der Waals surface area contributed by atoms with Gasteiger partial charge in [-0.3, -0.25) is 4.79 Å². The van der Waals surface area contributed by atoms with Gasteiger partial charge in [-0.2, -0.15) is 0 Å². The van der Waals surface area contributed by atoms with E-state index in [9.17, 15) is 9.90 Å². The molecule has 1 atom stereocenters. The van der Waals surface area contributed by atoms with Crippen LogP contribution in [0.4, 0.5) is 0 Å². The van der Waals surface area contributed by atoms with Gasteiger partial charge in [-0.05, 0) is 69.3 Å². The standard InChI is InChI=1S/C24H32N4O5S/c1-6-16-9-17(7-15(3)22(16)32-13-18(30)10-25-21(31)12-29)23-26-27-24(33-23)19-8-14(2)20(34-19)11-28(4)5/h7-9,18,29-30H,6,10-13H2,1-5H3,(H,25,31). The number of hydrogen-bond acceptors (Lipinski definition) is 9. The van der Waals surface area contributed by atoms with E-state index in [1.165, 1.54) is 10.4 Å². The summed E-state index contributed by atoms with van der Waals surface area (Å²) in [6.45, 7) is 6.28. The fourth-order valence-corrected chi connectivity index (χ4v) is 4.69. The van der Waals surface area contributed by atoms with Crippen molar-refractivity contribution in [2.24, 2.45) is 0 Å². The minimum Gasteiger partial charge on any atom is -0.490 e. The molecule has 2 heterocycles. The topological polar surface area (TPSA) is 121 Å². The first kappa shape index (κ1) is 25.8. The van der Waals surface area contributed by atoms with Crippen LogP contribution in [-0.2, 0) is 17.8 Å². The molecular weight excluding hydrogens is 456 g/mol. The minimum absolute atomic E-state index is 0.00119. The van der Waals surface area contributed by atoms with E-state index in [4.69, 9.17) is 14.3 Å². The Morgan fingerprint density at radius 1 is 1.21 bits per heavy atom. The predicted molar refractivity (Wildman–Crippen MR) is 131 cm³/mol. The smallest absolute Gasteiger partial charge is 0.258 e. The molecule has 2 aromatic heterocycles. The van der Waals surface area contributed by atoms with E-state index < -0.39 is 18.6 Å². The molecule has 3 rings (SSSR count). The summed E-state index contributed by atoms with van der Waals surface area (Å²) < 4.78 is 11.9. The summed E-state index contributed by atoms with van der Waals surface area (Å²) in [5, 5.41) is 29.8. The number of carbonyl (C=O) groups excluding carboxylic acids is 1. The molecule has 0 saturated carbocycles. The molecule has 10 heteroatoms. The minimum atomic E-state index is -0.899. The number of aliphatic hydroxyl groups excluding tert-OH is 2. The molecule has 3 N–H and O–H groups in total. The highest BCUT2D eigenvalue weighted by molar-refractivity contribution is 7.15. The summed E-state index contributed by atoms with van der Waals surface area (Å²) in [6.07, 6.45) is -0.190. The van der Waals surface area contributed by atoms with Gasteiger partial charge in [0.1, 0.15) is 25.1 Å². The quantitative estimate of drug-likeness (QED) is 0.377. The summed E-state index contributed by atoms with van der Waals surface area (Å²) in [4.78, 5) is 15.5. The molecule has 34 heavy (non-hydrogen) atoms. The van der Waals surface area contributed by atoms with Crippen LogP contribution in [0.2, 0.25) is 0 Å². The first-order valence-electron chi connectivity index (χ1n) is 11.1. The average molecular weight is 489 g/mol. The van der Waals surface area contributed by atoms with Crippen LogP contribution in [0.25, 0.3) is 22.2 Å².